The smallest absolute Gasteiger partial charge is 0.127 e. The van der Waals surface area contributed by atoms with Crippen molar-refractivity contribution >= 4 is 0 Å². The van der Waals surface area contributed by atoms with Gasteiger partial charge in [-0.1, -0.05) is 19.1 Å². The summed E-state index contributed by atoms with van der Waals surface area (Å²) in [6.07, 6.45) is 5.37. The molecule has 3 nitrogen and oxygen atoms in total. The molecular weight excluding hydrogens is 241 g/mol. The molecule has 2 aromatic rings. The molecule has 1 aromatic heterocycles. The number of benzene rings is 1. The Labute approximate surface area is 113 Å². The van der Waals surface area contributed by atoms with Crippen molar-refractivity contribution in [2.75, 3.05) is 6.54 Å². The minimum absolute atomic E-state index is 0.143. The van der Waals surface area contributed by atoms with Crippen LogP contribution in [0.2, 0.25) is 0 Å². The van der Waals surface area contributed by atoms with Gasteiger partial charge in [-0.25, -0.2) is 9.37 Å². The zero-order valence-corrected chi connectivity index (χ0v) is 11.5. The molecular formula is C15H20FN3. The van der Waals surface area contributed by atoms with E-state index in [2.05, 4.69) is 17.2 Å². The molecule has 0 aliphatic heterocycles. The number of aromatic nitrogens is 2. The van der Waals surface area contributed by atoms with Gasteiger partial charge in [0.15, 0.2) is 0 Å². The van der Waals surface area contributed by atoms with Crippen molar-refractivity contribution in [1.29, 1.82) is 0 Å². The van der Waals surface area contributed by atoms with Crippen LogP contribution in [0.3, 0.4) is 0 Å². The van der Waals surface area contributed by atoms with E-state index in [0.717, 1.165) is 29.9 Å². The number of aryl methyl sites for hydroxylation is 1. The van der Waals surface area contributed by atoms with Crippen LogP contribution in [0, 0.1) is 5.82 Å². The maximum Gasteiger partial charge on any atom is 0.127 e. The molecule has 0 fully saturated rings. The number of nitrogens with zero attached hydrogens (tertiary/aromatic N) is 2. The molecule has 0 unspecified atom stereocenters. The quantitative estimate of drug-likeness (QED) is 0.810. The lowest BCUT2D eigenvalue weighted by atomic mass is 10.1. The lowest BCUT2D eigenvalue weighted by Crippen LogP contribution is -2.15. The number of halogens is 1. The molecule has 1 heterocycles. The average Bonchev–Trinajstić information content (AvgIpc) is 2.78. The highest BCUT2D eigenvalue weighted by molar-refractivity contribution is 5.26. The van der Waals surface area contributed by atoms with Gasteiger partial charge in [0, 0.05) is 38.0 Å². The first-order chi connectivity index (χ1) is 9.20. The molecule has 102 valence electrons. The van der Waals surface area contributed by atoms with Crippen LogP contribution in [0.25, 0.3) is 0 Å². The minimum atomic E-state index is -0.143. The predicted molar refractivity (Wildman–Crippen MR) is 74.4 cm³/mol. The number of hydrogen-bond acceptors (Lipinski definition) is 2. The van der Waals surface area contributed by atoms with Crippen LogP contribution >= 0.6 is 0 Å². The molecule has 2 rings (SSSR count). The summed E-state index contributed by atoms with van der Waals surface area (Å²) in [5.41, 5.74) is 1.67. The molecule has 4 heteroatoms. The highest BCUT2D eigenvalue weighted by atomic mass is 19.1. The molecule has 1 N–H and O–H groups in total. The van der Waals surface area contributed by atoms with Crippen LogP contribution in [0.5, 0.6) is 0 Å². The molecule has 0 aliphatic carbocycles. The second-order valence-electron chi connectivity index (χ2n) is 4.73. The number of hydrogen-bond donors (Lipinski definition) is 1. The molecule has 0 spiro atoms. The molecule has 0 amide bonds. The van der Waals surface area contributed by atoms with Gasteiger partial charge >= 0.3 is 0 Å². The average molecular weight is 261 g/mol. The van der Waals surface area contributed by atoms with E-state index in [0.29, 0.717) is 13.0 Å². The Balaban J connectivity index is 2.04. The number of rotatable bonds is 6. The van der Waals surface area contributed by atoms with Gasteiger partial charge in [-0.15, -0.1) is 0 Å². The van der Waals surface area contributed by atoms with E-state index in [9.17, 15) is 4.39 Å². The first-order valence-electron chi connectivity index (χ1n) is 6.65. The van der Waals surface area contributed by atoms with Gasteiger partial charge in [-0.05, 0) is 24.6 Å². The zero-order chi connectivity index (χ0) is 13.7. The van der Waals surface area contributed by atoms with Crippen LogP contribution in [-0.2, 0) is 20.0 Å². The van der Waals surface area contributed by atoms with E-state index in [1.807, 2.05) is 29.9 Å². The Kier molecular flexibility index (Phi) is 4.68. The first kappa shape index (κ1) is 13.7. The standard InChI is InChI=1S/C15H20FN3/c1-3-6-17-11-13-5-4-12(9-14(13)16)10-15-18-7-8-19(15)2/h4-5,7-9,17H,3,6,10-11H2,1-2H3. The third kappa shape index (κ3) is 3.64. The van der Waals surface area contributed by atoms with Gasteiger partial charge in [-0.2, -0.15) is 0 Å². The third-order valence-corrected chi connectivity index (χ3v) is 3.14. The summed E-state index contributed by atoms with van der Waals surface area (Å²) >= 11 is 0. The first-order valence-corrected chi connectivity index (χ1v) is 6.65. The van der Waals surface area contributed by atoms with Crippen molar-refractivity contribution in [3.05, 3.63) is 53.4 Å². The van der Waals surface area contributed by atoms with Crippen molar-refractivity contribution in [1.82, 2.24) is 14.9 Å². The van der Waals surface area contributed by atoms with E-state index in [4.69, 9.17) is 0 Å². The van der Waals surface area contributed by atoms with Gasteiger partial charge in [0.25, 0.3) is 0 Å². The molecule has 0 saturated heterocycles. The minimum Gasteiger partial charge on any atom is -0.338 e. The summed E-state index contributed by atoms with van der Waals surface area (Å²) < 4.78 is 15.9. The second-order valence-corrected chi connectivity index (χ2v) is 4.73. The predicted octanol–water partition coefficient (Wildman–Crippen LogP) is 2.65. The highest BCUT2D eigenvalue weighted by Gasteiger charge is 2.06. The summed E-state index contributed by atoms with van der Waals surface area (Å²) in [5, 5.41) is 3.21. The van der Waals surface area contributed by atoms with Crippen LogP contribution in [0.4, 0.5) is 4.39 Å². The molecule has 19 heavy (non-hydrogen) atoms. The maximum atomic E-state index is 13.9. The maximum absolute atomic E-state index is 13.9. The topological polar surface area (TPSA) is 29.9 Å². The Morgan fingerprint density at radius 2 is 2.21 bits per heavy atom. The highest BCUT2D eigenvalue weighted by Crippen LogP contribution is 2.13. The molecule has 0 atom stereocenters. The molecule has 1 aromatic carbocycles. The SMILES string of the molecule is CCCNCc1ccc(Cc2nccn2C)cc1F. The summed E-state index contributed by atoms with van der Waals surface area (Å²) in [5.74, 6) is 0.798. The van der Waals surface area contributed by atoms with Gasteiger partial charge < -0.3 is 9.88 Å². The zero-order valence-electron chi connectivity index (χ0n) is 11.5. The lowest BCUT2D eigenvalue weighted by molar-refractivity contribution is 0.584. The van der Waals surface area contributed by atoms with Crippen LogP contribution in [-0.4, -0.2) is 16.1 Å². The molecule has 0 bridgehead atoms. The van der Waals surface area contributed by atoms with Crippen molar-refractivity contribution in [2.45, 2.75) is 26.3 Å². The summed E-state index contributed by atoms with van der Waals surface area (Å²) in [4.78, 5) is 4.25. The van der Waals surface area contributed by atoms with Gasteiger partial charge in [0.05, 0.1) is 0 Å². The van der Waals surface area contributed by atoms with Gasteiger partial charge in [0.2, 0.25) is 0 Å². The summed E-state index contributed by atoms with van der Waals surface area (Å²) in [6.45, 7) is 3.59. The lowest BCUT2D eigenvalue weighted by Gasteiger charge is -2.07. The number of nitrogens with one attached hydrogen (secondary N) is 1. The fourth-order valence-electron chi connectivity index (χ4n) is 1.99. The molecule has 0 saturated carbocycles. The van der Waals surface area contributed by atoms with E-state index in [1.165, 1.54) is 0 Å². The third-order valence-electron chi connectivity index (χ3n) is 3.14. The van der Waals surface area contributed by atoms with E-state index in [1.54, 1.807) is 12.3 Å². The Hall–Kier alpha value is -1.68. The number of imidazole rings is 1. The molecule has 0 radical (unpaired) electrons. The Morgan fingerprint density at radius 1 is 1.37 bits per heavy atom. The van der Waals surface area contributed by atoms with Crippen molar-refractivity contribution in [2.24, 2.45) is 7.05 Å². The normalized spacial score (nSPS) is 10.9. The second kappa shape index (κ2) is 6.48. The van der Waals surface area contributed by atoms with Crippen molar-refractivity contribution in [3.63, 3.8) is 0 Å². The Bertz CT molecular complexity index is 534. The fraction of sp³-hybridized carbons (Fsp3) is 0.400. The summed E-state index contributed by atoms with van der Waals surface area (Å²) in [6, 6.07) is 5.44. The van der Waals surface area contributed by atoms with Crippen LogP contribution in [0.1, 0.15) is 30.3 Å². The van der Waals surface area contributed by atoms with Crippen LogP contribution in [0.15, 0.2) is 30.6 Å². The summed E-state index contributed by atoms with van der Waals surface area (Å²) in [7, 11) is 1.95. The molecule has 0 aliphatic rings. The van der Waals surface area contributed by atoms with E-state index < -0.39 is 0 Å². The Morgan fingerprint density at radius 3 is 2.84 bits per heavy atom. The van der Waals surface area contributed by atoms with E-state index in [-0.39, 0.29) is 5.82 Å². The van der Waals surface area contributed by atoms with Crippen molar-refractivity contribution in [3.8, 4) is 0 Å². The van der Waals surface area contributed by atoms with Gasteiger partial charge in [-0.3, -0.25) is 0 Å². The fourth-order valence-corrected chi connectivity index (χ4v) is 1.99. The largest absolute Gasteiger partial charge is 0.338 e. The van der Waals surface area contributed by atoms with Gasteiger partial charge in [0.1, 0.15) is 11.6 Å². The van der Waals surface area contributed by atoms with Crippen molar-refractivity contribution < 1.29 is 4.39 Å². The monoisotopic (exact) mass is 261 g/mol. The van der Waals surface area contributed by atoms with E-state index >= 15 is 0 Å². The van der Waals surface area contributed by atoms with Crippen LogP contribution < -0.4 is 5.32 Å².